The van der Waals surface area contributed by atoms with Crippen LogP contribution in [0.25, 0.3) is 31.3 Å². The average molecular weight is 665 g/mol. The molecule has 258 valence electrons. The van der Waals surface area contributed by atoms with Crippen LogP contribution in [0.5, 0.6) is 0 Å². The van der Waals surface area contributed by atoms with Crippen molar-refractivity contribution in [2.75, 3.05) is 6.54 Å². The molecule has 2 heterocycles. The SMILES string of the molecule is CC(=O)O[C@@H]1[C@@H](N=[N+]=[N-])[C@@H](O[C@H]2[C@@H]3OC4(CCCCC4)O[C@H]3[C@H](N=[N+]=[N-])C[C@@H]2NC(=O)OC(C)(C)C)O[C@H](CN=[N+]=[N-])[C@H]1OC(C)=O. The fourth-order valence-corrected chi connectivity index (χ4v) is 6.51. The Bertz CT molecular complexity index is 1320. The van der Waals surface area contributed by atoms with Crippen LogP contribution in [-0.4, -0.2) is 97.0 Å². The fourth-order valence-electron chi connectivity index (χ4n) is 6.51. The third-order valence-electron chi connectivity index (χ3n) is 8.16. The lowest BCUT2D eigenvalue weighted by Gasteiger charge is -2.47. The van der Waals surface area contributed by atoms with Crippen molar-refractivity contribution in [3.63, 3.8) is 0 Å². The van der Waals surface area contributed by atoms with Crippen LogP contribution < -0.4 is 5.32 Å². The molecule has 2 saturated carbocycles. The van der Waals surface area contributed by atoms with E-state index in [-0.39, 0.29) is 13.0 Å². The molecule has 1 amide bonds. The van der Waals surface area contributed by atoms with E-state index in [2.05, 4.69) is 35.4 Å². The van der Waals surface area contributed by atoms with E-state index in [1.807, 2.05) is 0 Å². The zero-order valence-electron chi connectivity index (χ0n) is 26.8. The van der Waals surface area contributed by atoms with Gasteiger partial charge in [0.2, 0.25) is 0 Å². The number of rotatable bonds is 9. The summed E-state index contributed by atoms with van der Waals surface area (Å²) in [6.07, 6.45) is -5.25. The van der Waals surface area contributed by atoms with Gasteiger partial charge in [-0.15, -0.1) is 0 Å². The maximum atomic E-state index is 13.1. The molecule has 1 N–H and O–H groups in total. The number of carbonyl (C=O) groups excluding carboxylic acids is 3. The Kier molecular flexibility index (Phi) is 11.6. The highest BCUT2D eigenvalue weighted by Crippen LogP contribution is 2.47. The average Bonchev–Trinajstić information content (AvgIpc) is 3.34. The van der Waals surface area contributed by atoms with Gasteiger partial charge in [0.25, 0.3) is 0 Å². The molecule has 0 aromatic rings. The normalized spacial score (nSPS) is 34.3. The lowest BCUT2D eigenvalue weighted by Crippen LogP contribution is -2.65. The number of hydrogen-bond donors (Lipinski definition) is 1. The second-order valence-electron chi connectivity index (χ2n) is 12.8. The summed E-state index contributed by atoms with van der Waals surface area (Å²) in [5.74, 6) is -2.54. The Morgan fingerprint density at radius 3 is 2.13 bits per heavy atom. The fraction of sp³-hybridized carbons (Fsp3) is 0.889. The monoisotopic (exact) mass is 664 g/mol. The van der Waals surface area contributed by atoms with Crippen molar-refractivity contribution in [3.8, 4) is 0 Å². The number of nitrogens with one attached hydrogen (secondary N) is 1. The summed E-state index contributed by atoms with van der Waals surface area (Å²) in [4.78, 5) is 46.0. The second kappa shape index (κ2) is 15.3. The predicted molar refractivity (Wildman–Crippen MR) is 158 cm³/mol. The molecule has 4 rings (SSSR count). The molecule has 4 fully saturated rings. The van der Waals surface area contributed by atoms with Gasteiger partial charge in [-0.25, -0.2) is 4.79 Å². The Balaban J connectivity index is 1.76. The summed E-state index contributed by atoms with van der Waals surface area (Å²) < 4.78 is 42.1. The number of alkyl carbamates (subject to hydrolysis) is 1. The number of esters is 2. The lowest BCUT2D eigenvalue weighted by atomic mass is 9.84. The third-order valence-corrected chi connectivity index (χ3v) is 8.16. The number of amides is 1. The quantitative estimate of drug-likeness (QED) is 0.119. The van der Waals surface area contributed by atoms with Gasteiger partial charge in [0.1, 0.15) is 30.0 Å². The predicted octanol–water partition coefficient (Wildman–Crippen LogP) is 4.37. The largest absolute Gasteiger partial charge is 0.458 e. The van der Waals surface area contributed by atoms with Crippen molar-refractivity contribution in [2.24, 2.45) is 15.3 Å². The Hall–Kier alpha value is -4.02. The second-order valence-corrected chi connectivity index (χ2v) is 12.8. The Morgan fingerprint density at radius 1 is 0.894 bits per heavy atom. The zero-order valence-corrected chi connectivity index (χ0v) is 26.8. The molecular weight excluding hydrogens is 624 g/mol. The molecule has 0 radical (unpaired) electrons. The van der Waals surface area contributed by atoms with Crippen LogP contribution in [0.3, 0.4) is 0 Å². The first kappa shape index (κ1) is 35.8. The van der Waals surface area contributed by atoms with Crippen molar-refractivity contribution < 1.29 is 47.5 Å². The van der Waals surface area contributed by atoms with Gasteiger partial charge in [0.05, 0.1) is 24.7 Å². The first-order chi connectivity index (χ1) is 22.3. The maximum Gasteiger partial charge on any atom is 0.407 e. The number of carbonyl (C=O) groups is 3. The van der Waals surface area contributed by atoms with Crippen LogP contribution in [0.2, 0.25) is 0 Å². The summed E-state index contributed by atoms with van der Waals surface area (Å²) in [5.41, 5.74) is 27.1. The number of hydrogen-bond acceptors (Lipinski definition) is 13. The van der Waals surface area contributed by atoms with Crippen molar-refractivity contribution in [2.45, 2.75) is 146 Å². The molecule has 2 aliphatic carbocycles. The van der Waals surface area contributed by atoms with Crippen LogP contribution in [0.4, 0.5) is 4.79 Å². The molecule has 10 atom stereocenters. The maximum absolute atomic E-state index is 13.1. The number of ether oxygens (including phenoxy) is 7. The van der Waals surface area contributed by atoms with Crippen molar-refractivity contribution in [1.82, 2.24) is 5.32 Å². The minimum Gasteiger partial charge on any atom is -0.458 e. The molecule has 47 heavy (non-hydrogen) atoms. The molecule has 4 aliphatic rings. The summed E-state index contributed by atoms with van der Waals surface area (Å²) in [6.45, 7) is 6.93. The van der Waals surface area contributed by atoms with Crippen LogP contribution in [0.15, 0.2) is 15.3 Å². The Labute approximate surface area is 269 Å². The molecule has 0 bridgehead atoms. The van der Waals surface area contributed by atoms with Gasteiger partial charge in [0, 0.05) is 41.4 Å². The number of nitrogens with zero attached hydrogens (tertiary/aromatic N) is 9. The molecule has 20 heteroatoms. The zero-order chi connectivity index (χ0) is 34.4. The van der Waals surface area contributed by atoms with E-state index < -0.39 is 90.5 Å². The van der Waals surface area contributed by atoms with Crippen LogP contribution in [0.1, 0.15) is 73.1 Å². The molecule has 1 spiro atoms. The van der Waals surface area contributed by atoms with E-state index in [9.17, 15) is 25.4 Å². The number of azide groups is 3. The molecule has 20 nitrogen and oxygen atoms in total. The minimum atomic E-state index is -1.52. The topological polar surface area (TPSA) is 274 Å². The highest BCUT2D eigenvalue weighted by molar-refractivity contribution is 5.68. The third kappa shape index (κ3) is 8.87. The smallest absolute Gasteiger partial charge is 0.407 e. The van der Waals surface area contributed by atoms with Gasteiger partial charge >= 0.3 is 18.0 Å². The lowest BCUT2D eigenvalue weighted by molar-refractivity contribution is -0.291. The number of fused-ring (bicyclic) bond motifs is 1. The summed E-state index contributed by atoms with van der Waals surface area (Å²) in [5, 5.41) is 14.1. The highest BCUT2D eigenvalue weighted by atomic mass is 16.8. The molecular formula is C27H40N10O10. The first-order valence-electron chi connectivity index (χ1n) is 15.4. The minimum absolute atomic E-state index is 0.0408. The van der Waals surface area contributed by atoms with E-state index in [4.69, 9.17) is 38.7 Å². The van der Waals surface area contributed by atoms with E-state index >= 15 is 0 Å². The molecule has 0 unspecified atom stereocenters. The summed E-state index contributed by atoms with van der Waals surface area (Å²) >= 11 is 0. The van der Waals surface area contributed by atoms with Gasteiger partial charge in [-0.3, -0.25) is 9.59 Å². The van der Waals surface area contributed by atoms with Gasteiger partial charge < -0.3 is 38.5 Å². The van der Waals surface area contributed by atoms with Crippen molar-refractivity contribution in [3.05, 3.63) is 31.3 Å². The summed E-state index contributed by atoms with van der Waals surface area (Å²) in [7, 11) is 0. The van der Waals surface area contributed by atoms with Crippen LogP contribution in [-0.2, 0) is 42.7 Å². The standard InChI is InChI=1S/C27H40N10O10/c1-13(38)41-21-17(12-31-35-28)43-24(18(34-37-30)22(21)42-14(2)39)44-19-15(32-25(40)47-26(3,4)5)11-16(33-36-29)20-23(19)46-27(45-20)9-7-6-8-10-27/h15-24H,6-12H2,1-5H3,(H,32,40)/t15-,16+,17+,18+,19+,20-,21+,22+,23-,24+/m0/s1. The van der Waals surface area contributed by atoms with Gasteiger partial charge in [-0.05, 0) is 56.6 Å². The van der Waals surface area contributed by atoms with E-state index in [0.717, 1.165) is 33.1 Å². The van der Waals surface area contributed by atoms with Gasteiger partial charge in [-0.2, -0.15) is 0 Å². The molecule has 0 aromatic heterocycles. The first-order valence-corrected chi connectivity index (χ1v) is 15.4. The van der Waals surface area contributed by atoms with E-state index in [0.29, 0.717) is 12.8 Å². The van der Waals surface area contributed by atoms with Gasteiger partial charge in [0.15, 0.2) is 24.3 Å². The van der Waals surface area contributed by atoms with E-state index in [1.165, 1.54) is 0 Å². The van der Waals surface area contributed by atoms with Gasteiger partial charge in [-0.1, -0.05) is 21.8 Å². The highest BCUT2D eigenvalue weighted by Gasteiger charge is 2.60. The van der Waals surface area contributed by atoms with Crippen LogP contribution in [0, 0.1) is 0 Å². The van der Waals surface area contributed by atoms with E-state index in [1.54, 1.807) is 20.8 Å². The summed E-state index contributed by atoms with van der Waals surface area (Å²) in [6, 6.07) is -3.13. The van der Waals surface area contributed by atoms with Crippen molar-refractivity contribution in [1.29, 1.82) is 0 Å². The Morgan fingerprint density at radius 2 is 1.53 bits per heavy atom. The molecule has 2 saturated heterocycles. The molecule has 2 aliphatic heterocycles. The van der Waals surface area contributed by atoms with Crippen molar-refractivity contribution >= 4 is 18.0 Å². The molecule has 0 aromatic carbocycles. The van der Waals surface area contributed by atoms with Crippen LogP contribution >= 0.6 is 0 Å².